The van der Waals surface area contributed by atoms with Gasteiger partial charge < -0.3 is 9.47 Å². The highest BCUT2D eigenvalue weighted by atomic mass is 15.1. The van der Waals surface area contributed by atoms with E-state index in [2.05, 4.69) is 242 Å². The number of anilines is 3. The summed E-state index contributed by atoms with van der Waals surface area (Å²) in [7, 11) is 0. The highest BCUT2D eigenvalue weighted by Gasteiger charge is 2.46. The van der Waals surface area contributed by atoms with Crippen LogP contribution in [0, 0.1) is 0 Å². The standard InChI is InChI=1S/C58H42N2/c1-57(2)51-23-11-6-18-45(51)48-37-36-44(38-54(48)57)59(41-16-4-3-5-17-41)42-32-28-39(29-33-42)58(52-24-12-7-19-46(52)47-20-8-13-25-53(47)58)40-30-34-43(35-31-40)60-55-26-14-9-21-49(55)50-22-10-15-27-56(50)60/h3-38H,1-2H3. The maximum Gasteiger partial charge on any atom is 0.0713 e. The van der Waals surface area contributed by atoms with Crippen LogP contribution in [0.1, 0.15) is 47.2 Å². The van der Waals surface area contributed by atoms with E-state index < -0.39 is 5.41 Å². The summed E-state index contributed by atoms with van der Waals surface area (Å²) in [6.07, 6.45) is 0. The number of benzene rings is 9. The molecule has 284 valence electrons. The molecule has 0 atom stereocenters. The minimum atomic E-state index is -0.522. The Kier molecular flexibility index (Phi) is 7.52. The first-order valence-electron chi connectivity index (χ1n) is 21.0. The highest BCUT2D eigenvalue weighted by molar-refractivity contribution is 6.09. The zero-order chi connectivity index (χ0) is 40.0. The summed E-state index contributed by atoms with van der Waals surface area (Å²) in [6, 6.07) is 81.0. The average Bonchev–Trinajstić information content (AvgIpc) is 3.89. The van der Waals surface area contributed by atoms with Gasteiger partial charge in [-0.1, -0.05) is 172 Å². The van der Waals surface area contributed by atoms with Gasteiger partial charge in [-0.3, -0.25) is 0 Å². The van der Waals surface area contributed by atoms with E-state index in [4.69, 9.17) is 0 Å². The van der Waals surface area contributed by atoms with Crippen LogP contribution >= 0.6 is 0 Å². The molecule has 10 aromatic rings. The predicted molar refractivity (Wildman–Crippen MR) is 250 cm³/mol. The summed E-state index contributed by atoms with van der Waals surface area (Å²) >= 11 is 0. The molecule has 0 amide bonds. The van der Waals surface area contributed by atoms with Crippen molar-refractivity contribution in [3.63, 3.8) is 0 Å². The summed E-state index contributed by atoms with van der Waals surface area (Å²) in [5.41, 5.74) is 19.5. The van der Waals surface area contributed by atoms with Crippen molar-refractivity contribution in [2.24, 2.45) is 0 Å². The second-order valence-electron chi connectivity index (χ2n) is 16.9. The third-order valence-corrected chi connectivity index (χ3v) is 13.5. The van der Waals surface area contributed by atoms with E-state index in [1.807, 2.05) is 0 Å². The Hall–Kier alpha value is -7.42. The molecule has 0 bridgehead atoms. The molecule has 2 heteroatoms. The van der Waals surface area contributed by atoms with Crippen LogP contribution in [-0.4, -0.2) is 4.57 Å². The molecule has 2 aliphatic rings. The summed E-state index contributed by atoms with van der Waals surface area (Å²) in [5, 5.41) is 2.54. The zero-order valence-corrected chi connectivity index (χ0v) is 33.7. The lowest BCUT2D eigenvalue weighted by atomic mass is 9.67. The fraction of sp³-hybridized carbons (Fsp3) is 0.0690. The van der Waals surface area contributed by atoms with Crippen LogP contribution in [0.15, 0.2) is 218 Å². The SMILES string of the molecule is CC1(C)c2ccccc2-c2ccc(N(c3ccccc3)c3ccc(C4(c5ccc(-n6c7ccccc7c7ccccc76)cc5)c5ccccc5-c5ccccc54)cc3)cc21. The molecule has 12 rings (SSSR count). The van der Waals surface area contributed by atoms with Gasteiger partial charge in [-0.15, -0.1) is 0 Å². The molecule has 1 aromatic heterocycles. The van der Waals surface area contributed by atoms with Crippen molar-refractivity contribution < 1.29 is 0 Å². The van der Waals surface area contributed by atoms with Crippen LogP contribution < -0.4 is 4.90 Å². The molecule has 0 N–H and O–H groups in total. The molecular formula is C58H42N2. The van der Waals surface area contributed by atoms with E-state index in [1.54, 1.807) is 0 Å². The van der Waals surface area contributed by atoms with Crippen molar-refractivity contribution >= 4 is 38.9 Å². The Morgan fingerprint density at radius 1 is 0.350 bits per heavy atom. The maximum atomic E-state index is 2.42. The van der Waals surface area contributed by atoms with Crippen molar-refractivity contribution in [3.05, 3.63) is 252 Å². The highest BCUT2D eigenvalue weighted by Crippen LogP contribution is 2.57. The lowest BCUT2D eigenvalue weighted by molar-refractivity contribution is 0.660. The molecule has 0 saturated carbocycles. The normalized spacial score (nSPS) is 14.1. The molecule has 0 spiro atoms. The lowest BCUT2D eigenvalue weighted by Gasteiger charge is -2.35. The van der Waals surface area contributed by atoms with Gasteiger partial charge in [0.05, 0.1) is 16.4 Å². The first-order chi connectivity index (χ1) is 29.5. The van der Waals surface area contributed by atoms with Crippen molar-refractivity contribution in [2.45, 2.75) is 24.7 Å². The van der Waals surface area contributed by atoms with Crippen LogP contribution in [0.25, 0.3) is 49.7 Å². The van der Waals surface area contributed by atoms with E-state index in [0.29, 0.717) is 0 Å². The molecule has 0 aliphatic heterocycles. The van der Waals surface area contributed by atoms with Crippen LogP contribution in [0.5, 0.6) is 0 Å². The van der Waals surface area contributed by atoms with Crippen molar-refractivity contribution in [2.75, 3.05) is 4.90 Å². The van der Waals surface area contributed by atoms with Crippen LogP contribution in [0.4, 0.5) is 17.1 Å². The van der Waals surface area contributed by atoms with E-state index in [-0.39, 0.29) is 5.41 Å². The second-order valence-corrected chi connectivity index (χ2v) is 16.9. The van der Waals surface area contributed by atoms with Crippen LogP contribution in [0.2, 0.25) is 0 Å². The van der Waals surface area contributed by atoms with Gasteiger partial charge >= 0.3 is 0 Å². The number of fused-ring (bicyclic) bond motifs is 9. The third-order valence-electron chi connectivity index (χ3n) is 13.5. The minimum absolute atomic E-state index is 0.0963. The summed E-state index contributed by atoms with van der Waals surface area (Å²) < 4.78 is 2.41. The molecule has 0 unspecified atom stereocenters. The fourth-order valence-corrected chi connectivity index (χ4v) is 10.8. The molecular weight excluding hydrogens is 725 g/mol. The maximum absolute atomic E-state index is 2.42. The third kappa shape index (κ3) is 4.82. The van der Waals surface area contributed by atoms with Gasteiger partial charge in [0.15, 0.2) is 0 Å². The van der Waals surface area contributed by atoms with Gasteiger partial charge in [-0.25, -0.2) is 0 Å². The Morgan fingerprint density at radius 3 is 1.38 bits per heavy atom. The smallest absolute Gasteiger partial charge is 0.0713 e. The van der Waals surface area contributed by atoms with E-state index in [1.165, 1.54) is 77.4 Å². The molecule has 2 aliphatic carbocycles. The zero-order valence-electron chi connectivity index (χ0n) is 33.7. The number of nitrogens with zero attached hydrogens (tertiary/aromatic N) is 2. The molecule has 0 radical (unpaired) electrons. The number of hydrogen-bond donors (Lipinski definition) is 0. The Morgan fingerprint density at radius 2 is 0.783 bits per heavy atom. The first-order valence-corrected chi connectivity index (χ1v) is 21.0. The van der Waals surface area contributed by atoms with Gasteiger partial charge in [0.2, 0.25) is 0 Å². The summed E-state index contributed by atoms with van der Waals surface area (Å²) in [6.45, 7) is 4.71. The van der Waals surface area contributed by atoms with Gasteiger partial charge in [0, 0.05) is 38.9 Å². The van der Waals surface area contributed by atoms with Crippen molar-refractivity contribution in [1.29, 1.82) is 0 Å². The number of para-hydroxylation sites is 3. The minimum Gasteiger partial charge on any atom is -0.310 e. The van der Waals surface area contributed by atoms with Gasteiger partial charge in [-0.05, 0) is 116 Å². The fourth-order valence-electron chi connectivity index (χ4n) is 10.8. The second kappa shape index (κ2) is 13.0. The molecule has 0 saturated heterocycles. The molecule has 2 nitrogen and oxygen atoms in total. The largest absolute Gasteiger partial charge is 0.310 e. The lowest BCUT2D eigenvalue weighted by Crippen LogP contribution is -2.28. The topological polar surface area (TPSA) is 8.17 Å². The van der Waals surface area contributed by atoms with Gasteiger partial charge in [0.25, 0.3) is 0 Å². The molecule has 9 aromatic carbocycles. The van der Waals surface area contributed by atoms with Crippen LogP contribution in [-0.2, 0) is 10.8 Å². The number of hydrogen-bond acceptors (Lipinski definition) is 1. The van der Waals surface area contributed by atoms with E-state index in [9.17, 15) is 0 Å². The summed E-state index contributed by atoms with van der Waals surface area (Å²) in [4.78, 5) is 2.41. The Labute approximate surface area is 351 Å². The van der Waals surface area contributed by atoms with Crippen molar-refractivity contribution in [3.8, 4) is 27.9 Å². The van der Waals surface area contributed by atoms with Crippen molar-refractivity contribution in [1.82, 2.24) is 4.57 Å². The molecule has 60 heavy (non-hydrogen) atoms. The van der Waals surface area contributed by atoms with Crippen LogP contribution in [0.3, 0.4) is 0 Å². The Balaban J connectivity index is 1.02. The van der Waals surface area contributed by atoms with Gasteiger partial charge in [-0.2, -0.15) is 0 Å². The average molecular weight is 767 g/mol. The molecule has 0 fully saturated rings. The molecule has 1 heterocycles. The Bertz CT molecular complexity index is 3180. The summed E-state index contributed by atoms with van der Waals surface area (Å²) in [5.74, 6) is 0. The van der Waals surface area contributed by atoms with E-state index >= 15 is 0 Å². The van der Waals surface area contributed by atoms with E-state index in [0.717, 1.165) is 22.7 Å². The quantitative estimate of drug-likeness (QED) is 0.164. The predicted octanol–water partition coefficient (Wildman–Crippen LogP) is 14.9. The van der Waals surface area contributed by atoms with Gasteiger partial charge in [0.1, 0.15) is 0 Å². The monoisotopic (exact) mass is 766 g/mol. The number of aromatic nitrogens is 1. The first kappa shape index (κ1) is 34.6. The number of rotatable bonds is 6.